The monoisotopic (exact) mass is 324 g/mol. The van der Waals surface area contributed by atoms with Crippen LogP contribution in [0.2, 0.25) is 0 Å². The molecule has 0 aromatic carbocycles. The Morgan fingerprint density at radius 2 is 1.57 bits per heavy atom. The summed E-state index contributed by atoms with van der Waals surface area (Å²) in [4.78, 5) is 5.05. The van der Waals surface area contributed by atoms with Crippen molar-refractivity contribution in [3.63, 3.8) is 0 Å². The van der Waals surface area contributed by atoms with Gasteiger partial charge in [0.15, 0.2) is 0 Å². The Labute approximate surface area is 144 Å². The van der Waals surface area contributed by atoms with Crippen LogP contribution in [0.15, 0.2) is 0 Å². The Bertz CT molecular complexity index is 346. The van der Waals surface area contributed by atoms with E-state index < -0.39 is 0 Å². The molecule has 3 saturated heterocycles. The average Bonchev–Trinajstić information content (AvgIpc) is 3.23. The molecule has 0 N–H and O–H groups in total. The van der Waals surface area contributed by atoms with E-state index in [0.717, 1.165) is 18.6 Å². The summed E-state index contributed by atoms with van der Waals surface area (Å²) in [6.45, 7) is 15.9. The topological polar surface area (TPSA) is 15.7 Å². The van der Waals surface area contributed by atoms with Gasteiger partial charge in [-0.1, -0.05) is 20.3 Å². The van der Waals surface area contributed by atoms with Crippen LogP contribution in [0, 0.1) is 10.8 Å². The molecule has 2 spiro atoms. The molecule has 3 aliphatic heterocycles. The van der Waals surface area contributed by atoms with Crippen molar-refractivity contribution in [2.24, 2.45) is 10.8 Å². The van der Waals surface area contributed by atoms with Crippen molar-refractivity contribution in [3.05, 3.63) is 0 Å². The van der Waals surface area contributed by atoms with Crippen LogP contribution in [0.4, 0.5) is 0 Å². The molecule has 1 aliphatic carbocycles. The quantitative estimate of drug-likeness (QED) is 0.724. The second-order valence-corrected chi connectivity index (χ2v) is 8.46. The molecule has 4 fully saturated rings. The lowest BCUT2D eigenvalue weighted by Crippen LogP contribution is -2.32. The van der Waals surface area contributed by atoms with Crippen molar-refractivity contribution in [2.75, 3.05) is 46.4 Å². The number of rotatable bonds is 1. The van der Waals surface area contributed by atoms with Crippen LogP contribution in [0.25, 0.3) is 0 Å². The lowest BCUT2D eigenvalue weighted by Gasteiger charge is -2.37. The summed E-state index contributed by atoms with van der Waals surface area (Å²) < 4.78 is 5.48. The molecule has 136 valence electrons. The first-order valence-corrected chi connectivity index (χ1v) is 10.0. The molecule has 1 atom stereocenters. The van der Waals surface area contributed by atoms with Crippen LogP contribution in [0.3, 0.4) is 0 Å². The molecule has 4 aliphatic rings. The predicted molar refractivity (Wildman–Crippen MR) is 98.9 cm³/mol. The van der Waals surface area contributed by atoms with Gasteiger partial charge in [0, 0.05) is 31.2 Å². The smallest absolute Gasteiger partial charge is 0.0536 e. The van der Waals surface area contributed by atoms with Gasteiger partial charge >= 0.3 is 0 Å². The summed E-state index contributed by atoms with van der Waals surface area (Å²) in [6.07, 6.45) is 8.63. The number of ether oxygens (including phenoxy) is 1. The Morgan fingerprint density at radius 3 is 1.91 bits per heavy atom. The zero-order valence-corrected chi connectivity index (χ0v) is 16.4. The van der Waals surface area contributed by atoms with Gasteiger partial charge in [-0.25, -0.2) is 0 Å². The summed E-state index contributed by atoms with van der Waals surface area (Å²) in [5.74, 6) is 0. The van der Waals surface area contributed by atoms with E-state index in [9.17, 15) is 0 Å². The zero-order valence-electron chi connectivity index (χ0n) is 16.4. The summed E-state index contributed by atoms with van der Waals surface area (Å²) in [7, 11) is 2.24. The van der Waals surface area contributed by atoms with Crippen LogP contribution in [-0.4, -0.2) is 62.3 Å². The van der Waals surface area contributed by atoms with E-state index >= 15 is 0 Å². The van der Waals surface area contributed by atoms with Crippen LogP contribution >= 0.6 is 0 Å². The standard InChI is InChI=1S/C10H19NO.C8H15N.C2H6/c1-9(2)11-5-3-10(7-11)4-6-12-8-10;1-9-6-5-8(7-9)3-2-4-8;1-2/h9H,3-8H2,1-2H3;2-7H2,1H3;1-2H3. The van der Waals surface area contributed by atoms with Gasteiger partial charge in [-0.05, 0) is 71.5 Å². The molecule has 4 rings (SSSR count). The van der Waals surface area contributed by atoms with Crippen molar-refractivity contribution >= 4 is 0 Å². The normalized spacial score (nSPS) is 32.6. The Morgan fingerprint density at radius 1 is 0.870 bits per heavy atom. The molecule has 1 saturated carbocycles. The van der Waals surface area contributed by atoms with E-state index in [1.807, 2.05) is 13.8 Å². The summed E-state index contributed by atoms with van der Waals surface area (Å²) in [6, 6.07) is 0.713. The highest BCUT2D eigenvalue weighted by Crippen LogP contribution is 2.47. The van der Waals surface area contributed by atoms with E-state index in [4.69, 9.17) is 4.74 Å². The van der Waals surface area contributed by atoms with E-state index in [-0.39, 0.29) is 0 Å². The summed E-state index contributed by atoms with van der Waals surface area (Å²) in [5, 5.41) is 0. The van der Waals surface area contributed by atoms with Gasteiger partial charge in [-0.3, -0.25) is 0 Å². The average molecular weight is 325 g/mol. The first-order chi connectivity index (χ1) is 11.0. The van der Waals surface area contributed by atoms with Gasteiger partial charge in [0.25, 0.3) is 0 Å². The van der Waals surface area contributed by atoms with E-state index in [2.05, 4.69) is 30.7 Å². The Hall–Kier alpha value is -0.120. The van der Waals surface area contributed by atoms with Crippen molar-refractivity contribution in [1.29, 1.82) is 0 Å². The van der Waals surface area contributed by atoms with Crippen LogP contribution in [0.1, 0.15) is 66.2 Å². The third-order valence-electron chi connectivity index (χ3n) is 6.43. The first-order valence-electron chi connectivity index (χ1n) is 10.0. The minimum Gasteiger partial charge on any atom is -0.381 e. The Balaban J connectivity index is 0.000000155. The molecule has 3 nitrogen and oxygen atoms in total. The maximum Gasteiger partial charge on any atom is 0.0536 e. The largest absolute Gasteiger partial charge is 0.381 e. The van der Waals surface area contributed by atoms with E-state index in [1.165, 1.54) is 64.7 Å². The Kier molecular flexibility index (Phi) is 6.94. The highest BCUT2D eigenvalue weighted by molar-refractivity contribution is 4.94. The molecule has 0 amide bonds. The summed E-state index contributed by atoms with van der Waals surface area (Å²) >= 11 is 0. The van der Waals surface area contributed by atoms with Crippen molar-refractivity contribution in [2.45, 2.75) is 72.3 Å². The van der Waals surface area contributed by atoms with Crippen molar-refractivity contribution < 1.29 is 4.74 Å². The fourth-order valence-corrected chi connectivity index (χ4v) is 4.63. The fraction of sp³-hybridized carbons (Fsp3) is 1.00. The first kappa shape index (κ1) is 19.2. The lowest BCUT2D eigenvalue weighted by atomic mass is 9.68. The SMILES string of the molecule is CC.CC(C)N1CCC2(CCOC2)C1.CN1CCC2(CCC2)C1. The maximum atomic E-state index is 5.48. The second-order valence-electron chi connectivity index (χ2n) is 8.46. The highest BCUT2D eigenvalue weighted by Gasteiger charge is 2.42. The molecule has 23 heavy (non-hydrogen) atoms. The molecule has 0 bridgehead atoms. The summed E-state index contributed by atoms with van der Waals surface area (Å²) in [5.41, 5.74) is 1.36. The van der Waals surface area contributed by atoms with Crippen LogP contribution in [-0.2, 0) is 4.74 Å². The molecule has 0 radical (unpaired) electrons. The van der Waals surface area contributed by atoms with Crippen molar-refractivity contribution in [3.8, 4) is 0 Å². The molecular formula is C20H40N2O. The van der Waals surface area contributed by atoms with Gasteiger partial charge < -0.3 is 14.5 Å². The third-order valence-corrected chi connectivity index (χ3v) is 6.43. The minimum atomic E-state index is 0.546. The second kappa shape index (κ2) is 8.31. The zero-order chi connectivity index (χ0) is 16.9. The van der Waals surface area contributed by atoms with Crippen molar-refractivity contribution in [1.82, 2.24) is 9.80 Å². The number of nitrogens with zero attached hydrogens (tertiary/aromatic N) is 2. The number of hydrogen-bond donors (Lipinski definition) is 0. The van der Waals surface area contributed by atoms with Gasteiger partial charge in [0.2, 0.25) is 0 Å². The van der Waals surface area contributed by atoms with Crippen LogP contribution in [0.5, 0.6) is 0 Å². The van der Waals surface area contributed by atoms with Gasteiger partial charge in [0.1, 0.15) is 0 Å². The molecule has 3 heterocycles. The van der Waals surface area contributed by atoms with E-state index in [1.54, 1.807) is 0 Å². The van der Waals surface area contributed by atoms with Gasteiger partial charge in [0.05, 0.1) is 6.61 Å². The number of hydrogen-bond acceptors (Lipinski definition) is 3. The molecule has 0 aromatic heterocycles. The highest BCUT2D eigenvalue weighted by atomic mass is 16.5. The third kappa shape index (κ3) is 4.70. The van der Waals surface area contributed by atoms with Gasteiger partial charge in [-0.2, -0.15) is 0 Å². The predicted octanol–water partition coefficient (Wildman–Crippen LogP) is 4.03. The van der Waals surface area contributed by atoms with Crippen LogP contribution < -0.4 is 0 Å². The maximum absolute atomic E-state index is 5.48. The lowest BCUT2D eigenvalue weighted by molar-refractivity contribution is 0.145. The van der Waals surface area contributed by atoms with Gasteiger partial charge in [-0.15, -0.1) is 0 Å². The molecule has 3 heteroatoms. The molecular weight excluding hydrogens is 284 g/mol. The number of likely N-dealkylation sites (tertiary alicyclic amines) is 2. The molecule has 1 unspecified atom stereocenters. The molecule has 0 aromatic rings. The minimum absolute atomic E-state index is 0.546. The fourth-order valence-electron chi connectivity index (χ4n) is 4.63. The van der Waals surface area contributed by atoms with E-state index in [0.29, 0.717) is 11.5 Å².